The molecule has 32 heavy (non-hydrogen) atoms. The Bertz CT molecular complexity index is 1370. The Balaban J connectivity index is 1.94. The fourth-order valence-corrected chi connectivity index (χ4v) is 5.23. The van der Waals surface area contributed by atoms with E-state index in [0.717, 1.165) is 51.1 Å². The van der Waals surface area contributed by atoms with Crippen molar-refractivity contribution in [2.24, 2.45) is 0 Å². The molecule has 162 valence electrons. The number of fused-ring (bicyclic) bond motifs is 2. The van der Waals surface area contributed by atoms with Crippen molar-refractivity contribution in [3.63, 3.8) is 0 Å². The number of anilines is 1. The lowest BCUT2D eigenvalue weighted by molar-refractivity contribution is 0.0251. The second-order valence-electron chi connectivity index (χ2n) is 8.61. The highest BCUT2D eigenvalue weighted by Gasteiger charge is 2.52. The summed E-state index contributed by atoms with van der Waals surface area (Å²) in [6, 6.07) is 16.4. The van der Waals surface area contributed by atoms with Crippen molar-refractivity contribution in [3.8, 4) is 0 Å². The molecule has 0 bridgehead atoms. The average molecular weight is 426 g/mol. The maximum atomic E-state index is 13.2. The van der Waals surface area contributed by atoms with Gasteiger partial charge in [0, 0.05) is 72.0 Å². The fourth-order valence-electron chi connectivity index (χ4n) is 5.23. The Morgan fingerprint density at radius 2 is 1.84 bits per heavy atom. The predicted molar refractivity (Wildman–Crippen MR) is 127 cm³/mol. The fraction of sp³-hybridized carbons (Fsp3) is 0.259. The van der Waals surface area contributed by atoms with E-state index in [1.54, 1.807) is 18.5 Å². The van der Waals surface area contributed by atoms with Crippen LogP contribution in [-0.2, 0) is 16.9 Å². The van der Waals surface area contributed by atoms with Gasteiger partial charge in [-0.15, -0.1) is 0 Å². The summed E-state index contributed by atoms with van der Waals surface area (Å²) in [5.74, 6) is -0.314. The SMILES string of the molecule is CCn1c(C)c(C2(c3ccc(N(C)C)cc3C)OC(=O)c3ccncc32)c2ccccc21. The number of rotatable bonds is 4. The lowest BCUT2D eigenvalue weighted by Crippen LogP contribution is -2.31. The summed E-state index contributed by atoms with van der Waals surface area (Å²) in [6.45, 7) is 7.17. The molecule has 5 rings (SSSR count). The molecule has 3 heterocycles. The van der Waals surface area contributed by atoms with Crippen molar-refractivity contribution in [1.29, 1.82) is 0 Å². The van der Waals surface area contributed by atoms with Crippen LogP contribution in [0.25, 0.3) is 10.9 Å². The molecule has 0 radical (unpaired) electrons. The van der Waals surface area contributed by atoms with E-state index in [2.05, 4.69) is 71.6 Å². The number of aromatic nitrogens is 2. The van der Waals surface area contributed by atoms with Crippen LogP contribution < -0.4 is 4.90 Å². The molecule has 1 aliphatic heterocycles. The quantitative estimate of drug-likeness (QED) is 0.422. The van der Waals surface area contributed by atoms with Gasteiger partial charge in [0.05, 0.1) is 5.56 Å². The number of ether oxygens (including phenoxy) is 1. The second-order valence-corrected chi connectivity index (χ2v) is 8.61. The van der Waals surface area contributed by atoms with Crippen LogP contribution in [0.15, 0.2) is 60.9 Å². The van der Waals surface area contributed by atoms with Crippen LogP contribution in [-0.4, -0.2) is 29.6 Å². The maximum absolute atomic E-state index is 13.2. The maximum Gasteiger partial charge on any atom is 0.340 e. The van der Waals surface area contributed by atoms with E-state index >= 15 is 0 Å². The molecular weight excluding hydrogens is 398 g/mol. The Kier molecular flexibility index (Phi) is 4.59. The zero-order valence-corrected chi connectivity index (χ0v) is 19.1. The highest BCUT2D eigenvalue weighted by Crippen LogP contribution is 2.51. The molecule has 1 aliphatic rings. The summed E-state index contributed by atoms with van der Waals surface area (Å²) < 4.78 is 8.70. The first-order chi connectivity index (χ1) is 15.4. The summed E-state index contributed by atoms with van der Waals surface area (Å²) >= 11 is 0. The van der Waals surface area contributed by atoms with E-state index in [1.807, 2.05) is 20.2 Å². The Hall–Kier alpha value is -3.60. The molecule has 4 aromatic rings. The number of esters is 1. The highest BCUT2D eigenvalue weighted by atomic mass is 16.6. The van der Waals surface area contributed by atoms with Gasteiger partial charge in [0.25, 0.3) is 0 Å². The molecule has 0 spiro atoms. The molecule has 0 saturated carbocycles. The molecule has 0 fully saturated rings. The van der Waals surface area contributed by atoms with Gasteiger partial charge in [0.1, 0.15) is 0 Å². The van der Waals surface area contributed by atoms with Crippen molar-refractivity contribution < 1.29 is 9.53 Å². The number of para-hydroxylation sites is 1. The number of hydrogen-bond acceptors (Lipinski definition) is 4. The summed E-state index contributed by atoms with van der Waals surface area (Å²) in [6.07, 6.45) is 3.44. The van der Waals surface area contributed by atoms with E-state index < -0.39 is 5.60 Å². The van der Waals surface area contributed by atoms with Crippen LogP contribution in [0.2, 0.25) is 0 Å². The Morgan fingerprint density at radius 3 is 2.56 bits per heavy atom. The number of hydrogen-bond donors (Lipinski definition) is 0. The van der Waals surface area contributed by atoms with Gasteiger partial charge in [-0.25, -0.2) is 4.79 Å². The third-order valence-corrected chi connectivity index (χ3v) is 6.67. The molecule has 0 N–H and O–H groups in total. The molecule has 0 aliphatic carbocycles. The lowest BCUT2D eigenvalue weighted by Gasteiger charge is -2.32. The number of cyclic esters (lactones) is 1. The van der Waals surface area contributed by atoms with E-state index in [1.165, 1.54) is 0 Å². The van der Waals surface area contributed by atoms with Gasteiger partial charge in [-0.3, -0.25) is 4.98 Å². The van der Waals surface area contributed by atoms with Crippen LogP contribution in [0.5, 0.6) is 0 Å². The van der Waals surface area contributed by atoms with E-state index in [0.29, 0.717) is 5.56 Å². The van der Waals surface area contributed by atoms with E-state index in [4.69, 9.17) is 4.74 Å². The second kappa shape index (κ2) is 7.23. The van der Waals surface area contributed by atoms with Crippen LogP contribution >= 0.6 is 0 Å². The largest absolute Gasteiger partial charge is 0.440 e. The first kappa shape index (κ1) is 20.3. The van der Waals surface area contributed by atoms with Crippen LogP contribution in [0.4, 0.5) is 5.69 Å². The first-order valence-corrected chi connectivity index (χ1v) is 10.9. The summed E-state index contributed by atoms with van der Waals surface area (Å²) in [4.78, 5) is 19.7. The third-order valence-electron chi connectivity index (χ3n) is 6.67. The molecule has 5 heteroatoms. The van der Waals surface area contributed by atoms with Gasteiger partial charge in [-0.05, 0) is 50.6 Å². The third kappa shape index (κ3) is 2.63. The monoisotopic (exact) mass is 425 g/mol. The smallest absolute Gasteiger partial charge is 0.340 e. The number of pyridine rings is 1. The van der Waals surface area contributed by atoms with Gasteiger partial charge in [0.2, 0.25) is 0 Å². The molecule has 0 saturated heterocycles. The van der Waals surface area contributed by atoms with Crippen molar-refractivity contribution >= 4 is 22.6 Å². The normalized spacial score (nSPS) is 17.5. The van der Waals surface area contributed by atoms with E-state index in [9.17, 15) is 4.79 Å². The predicted octanol–water partition coefficient (Wildman–Crippen LogP) is 5.20. The standard InChI is InChI=1S/C27H27N3O2/c1-6-30-18(3)25(21-9-7-8-10-24(21)30)27(22-12-11-19(29(4)5)15-17(22)2)23-16-28-14-13-20(23)26(31)32-27/h7-16H,6H2,1-5H3. The number of carbonyl (C=O) groups is 1. The number of aryl methyl sites for hydroxylation is 2. The molecule has 5 nitrogen and oxygen atoms in total. The Labute approximate surface area is 188 Å². The van der Waals surface area contributed by atoms with Crippen molar-refractivity contribution in [1.82, 2.24) is 9.55 Å². The minimum absolute atomic E-state index is 0.314. The van der Waals surface area contributed by atoms with Crippen molar-refractivity contribution in [3.05, 3.63) is 94.4 Å². The molecule has 1 unspecified atom stereocenters. The van der Waals surface area contributed by atoms with Gasteiger partial charge < -0.3 is 14.2 Å². The van der Waals surface area contributed by atoms with Gasteiger partial charge >= 0.3 is 5.97 Å². The minimum atomic E-state index is -1.06. The van der Waals surface area contributed by atoms with E-state index in [-0.39, 0.29) is 5.97 Å². The number of carbonyl (C=O) groups excluding carboxylic acids is 1. The minimum Gasteiger partial charge on any atom is -0.440 e. The Morgan fingerprint density at radius 1 is 1.06 bits per heavy atom. The number of nitrogens with zero attached hydrogens (tertiary/aromatic N) is 3. The first-order valence-electron chi connectivity index (χ1n) is 10.9. The lowest BCUT2D eigenvalue weighted by atomic mass is 9.77. The van der Waals surface area contributed by atoms with Crippen LogP contribution in [0.1, 0.15) is 45.2 Å². The molecular formula is C27H27N3O2. The molecule has 2 aromatic heterocycles. The summed E-state index contributed by atoms with van der Waals surface area (Å²) in [5, 5.41) is 1.09. The van der Waals surface area contributed by atoms with Crippen LogP contribution in [0.3, 0.4) is 0 Å². The number of benzene rings is 2. The van der Waals surface area contributed by atoms with Crippen molar-refractivity contribution in [2.45, 2.75) is 32.9 Å². The van der Waals surface area contributed by atoms with Crippen LogP contribution in [0, 0.1) is 13.8 Å². The highest BCUT2D eigenvalue weighted by molar-refractivity contribution is 5.98. The van der Waals surface area contributed by atoms with Crippen molar-refractivity contribution in [2.75, 3.05) is 19.0 Å². The molecule has 0 amide bonds. The average Bonchev–Trinajstić information content (AvgIpc) is 3.24. The summed E-state index contributed by atoms with van der Waals surface area (Å²) in [5.41, 5.74) is 6.68. The van der Waals surface area contributed by atoms with Gasteiger partial charge in [-0.2, -0.15) is 0 Å². The summed E-state index contributed by atoms with van der Waals surface area (Å²) in [7, 11) is 4.05. The molecule has 1 atom stereocenters. The van der Waals surface area contributed by atoms with Gasteiger partial charge in [-0.1, -0.05) is 24.3 Å². The zero-order valence-electron chi connectivity index (χ0n) is 19.1. The zero-order chi connectivity index (χ0) is 22.6. The topological polar surface area (TPSA) is 47.4 Å². The molecule has 2 aromatic carbocycles. The van der Waals surface area contributed by atoms with Gasteiger partial charge in [0.15, 0.2) is 5.60 Å².